The molecule has 0 fully saturated rings. The number of nitrogens with one attached hydrogen (secondary N) is 2. The zero-order valence-electron chi connectivity index (χ0n) is 11.6. The van der Waals surface area contributed by atoms with E-state index in [1.165, 1.54) is 0 Å². The Hall–Kier alpha value is -1.14. The fraction of sp³-hybridized carbons (Fsp3) is 0.667. The van der Waals surface area contributed by atoms with E-state index in [4.69, 9.17) is 19.0 Å². The number of carbonyl (C=O) groups is 1. The van der Waals surface area contributed by atoms with E-state index >= 15 is 0 Å². The molecule has 0 aliphatic carbocycles. The van der Waals surface area contributed by atoms with Gasteiger partial charge in [-0.2, -0.15) is 0 Å². The number of carbonyl (C=O) groups excluding carboxylic acids is 1. The van der Waals surface area contributed by atoms with Crippen LogP contribution in [0.2, 0.25) is 6.04 Å². The highest BCUT2D eigenvalue weighted by atomic mass is 32.2. The van der Waals surface area contributed by atoms with Crippen LogP contribution < -0.4 is 11.1 Å². The minimum atomic E-state index is -2.56. The minimum Gasteiger partial charge on any atom is -0.377 e. The third kappa shape index (κ3) is 5.09. The average Bonchev–Trinajstić information content (AvgIpc) is 2.85. The van der Waals surface area contributed by atoms with Gasteiger partial charge in [-0.05, 0) is 6.42 Å². The molecule has 0 aliphatic heterocycles. The maximum atomic E-state index is 11.6. The van der Waals surface area contributed by atoms with Gasteiger partial charge in [0, 0.05) is 45.7 Å². The predicted molar refractivity (Wildman–Crippen MR) is 76.3 cm³/mol. The Morgan fingerprint density at radius 3 is 2.50 bits per heavy atom. The van der Waals surface area contributed by atoms with Gasteiger partial charge in [-0.1, -0.05) is 0 Å². The van der Waals surface area contributed by atoms with Crippen LogP contribution in [0.3, 0.4) is 0 Å². The second-order valence-corrected chi connectivity index (χ2v) is 7.78. The van der Waals surface area contributed by atoms with E-state index in [1.54, 1.807) is 21.3 Å². The summed E-state index contributed by atoms with van der Waals surface area (Å²) in [6, 6.07) is 0.622. The third-order valence-corrected chi connectivity index (χ3v) is 6.07. The molecule has 11 heteroatoms. The molecule has 0 saturated carbocycles. The number of rotatable bonds is 8. The number of thioether (sulfide) groups is 1. The molecule has 1 aromatic rings. The van der Waals surface area contributed by atoms with Crippen LogP contribution in [0.25, 0.3) is 0 Å². The monoisotopic (exact) mass is 321 g/mol. The van der Waals surface area contributed by atoms with Gasteiger partial charge in [-0.15, -0.1) is 10.2 Å². The molecule has 0 atom stereocenters. The molecule has 9 nitrogen and oxygen atoms in total. The van der Waals surface area contributed by atoms with E-state index in [-0.39, 0.29) is 11.2 Å². The number of nitrogens with zero attached hydrogens (tertiary/aromatic N) is 2. The van der Waals surface area contributed by atoms with Crippen LogP contribution in [0, 0.1) is 0 Å². The van der Waals surface area contributed by atoms with Gasteiger partial charge in [0.2, 0.25) is 5.95 Å². The summed E-state index contributed by atoms with van der Waals surface area (Å²) in [6.45, 7) is 0.486. The molecule has 0 saturated heterocycles. The highest BCUT2D eigenvalue weighted by Gasteiger charge is 2.36. The molecule has 1 aromatic heterocycles. The maximum Gasteiger partial charge on any atom is 0.500 e. The Morgan fingerprint density at radius 2 is 2.00 bits per heavy atom. The molecular formula is C9H19N5O4SSi. The Bertz CT molecular complexity index is 420. The molecule has 0 radical (unpaired) electrons. The molecule has 1 heterocycles. The molecule has 4 N–H and O–H groups in total. The molecule has 0 spiro atoms. The number of H-pyrrole nitrogens is 1. The van der Waals surface area contributed by atoms with E-state index in [1.807, 2.05) is 0 Å². The van der Waals surface area contributed by atoms with E-state index in [0.717, 1.165) is 11.8 Å². The smallest absolute Gasteiger partial charge is 0.377 e. The zero-order valence-corrected chi connectivity index (χ0v) is 13.5. The van der Waals surface area contributed by atoms with Crippen LogP contribution >= 0.6 is 11.8 Å². The van der Waals surface area contributed by atoms with Gasteiger partial charge in [-0.3, -0.25) is 4.79 Å². The fourth-order valence-electron chi connectivity index (χ4n) is 1.48. The molecule has 114 valence electrons. The lowest BCUT2D eigenvalue weighted by atomic mass is 10.5. The molecule has 1 rings (SSSR count). The van der Waals surface area contributed by atoms with Crippen LogP contribution in [0.4, 0.5) is 10.7 Å². The van der Waals surface area contributed by atoms with E-state index in [2.05, 4.69) is 20.5 Å². The van der Waals surface area contributed by atoms with Gasteiger partial charge < -0.3 is 29.3 Å². The lowest BCUT2D eigenvalue weighted by Gasteiger charge is -2.24. The number of nitrogens with two attached hydrogens (primary N) is 1. The van der Waals surface area contributed by atoms with Crippen molar-refractivity contribution in [3.63, 3.8) is 0 Å². The van der Waals surface area contributed by atoms with Gasteiger partial charge in [-0.25, -0.2) is 0 Å². The normalized spacial score (nSPS) is 11.6. The number of amides is 1. The number of aromatic amines is 1. The summed E-state index contributed by atoms with van der Waals surface area (Å²) < 4.78 is 15.8. The Labute approximate surface area is 122 Å². The minimum absolute atomic E-state index is 0.177. The molecule has 1 amide bonds. The van der Waals surface area contributed by atoms with Gasteiger partial charge in [0.1, 0.15) is 0 Å². The van der Waals surface area contributed by atoms with Crippen LogP contribution in [0.5, 0.6) is 0 Å². The van der Waals surface area contributed by atoms with Crippen molar-refractivity contribution in [3.05, 3.63) is 0 Å². The highest BCUT2D eigenvalue weighted by molar-refractivity contribution is 8.13. The first kappa shape index (κ1) is 16.9. The summed E-state index contributed by atoms with van der Waals surface area (Å²) in [5, 5.41) is 10.1. The largest absolute Gasteiger partial charge is 0.500 e. The van der Waals surface area contributed by atoms with Gasteiger partial charge in [0.05, 0.1) is 0 Å². The Kier molecular flexibility index (Phi) is 6.94. The molecule has 20 heavy (non-hydrogen) atoms. The summed E-state index contributed by atoms with van der Waals surface area (Å²) in [7, 11) is 2.11. The van der Waals surface area contributed by atoms with Crippen molar-refractivity contribution in [3.8, 4) is 0 Å². The molecule has 0 aromatic carbocycles. The van der Waals surface area contributed by atoms with Crippen molar-refractivity contribution in [1.82, 2.24) is 20.5 Å². The summed E-state index contributed by atoms with van der Waals surface area (Å²) >= 11 is 0.898. The molecular weight excluding hydrogens is 302 g/mol. The average molecular weight is 321 g/mol. The third-order valence-electron chi connectivity index (χ3n) is 2.54. The zero-order chi connectivity index (χ0) is 15.0. The predicted octanol–water partition coefficient (Wildman–Crippen LogP) is 0.457. The first-order chi connectivity index (χ1) is 9.55. The topological polar surface area (TPSA) is 124 Å². The first-order valence-corrected chi connectivity index (χ1v) is 8.59. The quantitative estimate of drug-likeness (QED) is 0.358. The lowest BCUT2D eigenvalue weighted by molar-refractivity contribution is 0.123. The summed E-state index contributed by atoms with van der Waals surface area (Å²) in [5.74, 6) is 0.177. The number of hydrogen-bond acceptors (Lipinski definition) is 8. The van der Waals surface area contributed by atoms with Gasteiger partial charge in [0.25, 0.3) is 5.24 Å². The maximum absolute atomic E-state index is 11.6. The van der Waals surface area contributed by atoms with Crippen molar-refractivity contribution in [2.24, 2.45) is 0 Å². The van der Waals surface area contributed by atoms with Crippen molar-refractivity contribution in [2.75, 3.05) is 33.6 Å². The molecule has 0 unspecified atom stereocenters. The van der Waals surface area contributed by atoms with Crippen molar-refractivity contribution >= 4 is 31.8 Å². The van der Waals surface area contributed by atoms with Crippen LogP contribution in [-0.4, -0.2) is 57.1 Å². The summed E-state index contributed by atoms with van der Waals surface area (Å²) in [6.07, 6.45) is 0.687. The SMILES string of the molecule is CO[Si](CCCNC(=O)Sc1nnc(N)[nH]1)(OC)OC. The highest BCUT2D eigenvalue weighted by Crippen LogP contribution is 2.16. The van der Waals surface area contributed by atoms with Crippen molar-refractivity contribution < 1.29 is 18.1 Å². The number of anilines is 1. The van der Waals surface area contributed by atoms with E-state index < -0.39 is 8.80 Å². The standard InChI is InChI=1S/C9H19N5O4SSi/c1-16-20(17-2,18-3)6-4-5-11-9(15)19-8-12-7(10)13-14-8/h4-6H2,1-3H3,(H,11,15)(H3,10,12,13,14). The van der Waals surface area contributed by atoms with E-state index in [9.17, 15) is 4.79 Å². The van der Waals surface area contributed by atoms with Crippen LogP contribution in [-0.2, 0) is 13.3 Å². The van der Waals surface area contributed by atoms with Gasteiger partial charge in [0.15, 0.2) is 5.16 Å². The van der Waals surface area contributed by atoms with Crippen molar-refractivity contribution in [2.45, 2.75) is 17.6 Å². The first-order valence-electron chi connectivity index (χ1n) is 5.84. The Balaban J connectivity index is 2.25. The molecule has 0 bridgehead atoms. The second kappa shape index (κ2) is 8.21. The summed E-state index contributed by atoms with van der Waals surface area (Å²) in [4.78, 5) is 14.2. The summed E-state index contributed by atoms with van der Waals surface area (Å²) in [5.41, 5.74) is 5.36. The van der Waals surface area contributed by atoms with Crippen LogP contribution in [0.15, 0.2) is 5.16 Å². The Morgan fingerprint density at radius 1 is 1.35 bits per heavy atom. The lowest BCUT2D eigenvalue weighted by Crippen LogP contribution is -2.43. The van der Waals surface area contributed by atoms with Crippen LogP contribution in [0.1, 0.15) is 6.42 Å². The fourth-order valence-corrected chi connectivity index (χ4v) is 3.79. The molecule has 0 aliphatic rings. The second-order valence-electron chi connectivity index (χ2n) is 3.73. The number of hydrogen-bond donors (Lipinski definition) is 3. The van der Waals surface area contributed by atoms with Crippen molar-refractivity contribution in [1.29, 1.82) is 0 Å². The van der Waals surface area contributed by atoms with Gasteiger partial charge >= 0.3 is 8.80 Å². The van der Waals surface area contributed by atoms with E-state index in [0.29, 0.717) is 24.2 Å². The number of aromatic nitrogens is 3. The number of nitrogen functional groups attached to an aromatic ring is 1.